The zero-order valence-electron chi connectivity index (χ0n) is 20.3. The summed E-state index contributed by atoms with van der Waals surface area (Å²) < 4.78 is 15.5. The van der Waals surface area contributed by atoms with Gasteiger partial charge in [-0.15, -0.1) is 0 Å². The molecule has 0 bridgehead atoms. The van der Waals surface area contributed by atoms with E-state index in [1.807, 2.05) is 0 Å². The van der Waals surface area contributed by atoms with Crippen LogP contribution < -0.4 is 0 Å². The fraction of sp³-hybridized carbons (Fsp3) is 0.393. The van der Waals surface area contributed by atoms with Gasteiger partial charge < -0.3 is 10.0 Å². The van der Waals surface area contributed by atoms with Crippen LogP contribution in [-0.2, 0) is 16.1 Å². The van der Waals surface area contributed by atoms with E-state index >= 15 is 0 Å². The number of fused-ring (bicyclic) bond motifs is 2. The molecule has 1 aliphatic heterocycles. The number of hydrogen-bond donors (Lipinski definition) is 1. The minimum atomic E-state index is -1.12. The van der Waals surface area contributed by atoms with Crippen molar-refractivity contribution in [2.75, 3.05) is 0 Å². The summed E-state index contributed by atoms with van der Waals surface area (Å²) in [6.07, 6.45) is 2.57. The Morgan fingerprint density at radius 2 is 1.86 bits per heavy atom. The SMILES string of the molecule is CC(=O)c1nn(CC(=O)N2[C@@H]3C[C@@H]3C[C@H]2C(=O)C[C@@H]2C[C@H]2c2ccccc2F)c2cc(C(=O)O)ccc12. The summed E-state index contributed by atoms with van der Waals surface area (Å²) in [5.74, 6) is -1.49. The Balaban J connectivity index is 1.20. The fourth-order valence-corrected chi connectivity index (χ4v) is 6.02. The minimum absolute atomic E-state index is 0.00676. The average molecular weight is 504 g/mol. The van der Waals surface area contributed by atoms with Crippen LogP contribution in [0.5, 0.6) is 0 Å². The highest BCUT2D eigenvalue weighted by molar-refractivity contribution is 6.06. The molecule has 5 atom stereocenters. The Labute approximate surface area is 212 Å². The number of benzene rings is 2. The summed E-state index contributed by atoms with van der Waals surface area (Å²) in [7, 11) is 0. The predicted octanol–water partition coefficient (Wildman–Crippen LogP) is 3.83. The molecule has 1 saturated heterocycles. The van der Waals surface area contributed by atoms with Gasteiger partial charge in [0.15, 0.2) is 11.6 Å². The van der Waals surface area contributed by atoms with E-state index in [-0.39, 0.29) is 59.0 Å². The van der Waals surface area contributed by atoms with Gasteiger partial charge in [-0.2, -0.15) is 5.10 Å². The van der Waals surface area contributed by atoms with Crippen LogP contribution in [0, 0.1) is 17.7 Å². The molecule has 37 heavy (non-hydrogen) atoms. The Hall–Kier alpha value is -3.88. The molecule has 0 spiro atoms. The number of Topliss-reactive ketones (excluding diaryl/α,β-unsaturated/α-hetero) is 2. The third-order valence-corrected chi connectivity index (χ3v) is 8.07. The van der Waals surface area contributed by atoms with Crippen molar-refractivity contribution in [2.24, 2.45) is 11.8 Å². The van der Waals surface area contributed by atoms with Crippen LogP contribution in [0.15, 0.2) is 42.5 Å². The molecular formula is C28H26FN3O5. The highest BCUT2D eigenvalue weighted by Crippen LogP contribution is 2.53. The number of hydrogen-bond acceptors (Lipinski definition) is 5. The van der Waals surface area contributed by atoms with Gasteiger partial charge in [-0.1, -0.05) is 18.2 Å². The Morgan fingerprint density at radius 3 is 2.59 bits per heavy atom. The molecule has 2 aliphatic carbocycles. The average Bonchev–Trinajstić information content (AvgIpc) is 3.74. The van der Waals surface area contributed by atoms with Crippen LogP contribution in [0.25, 0.3) is 10.9 Å². The number of likely N-dealkylation sites (tertiary alicyclic amines) is 1. The number of carbonyl (C=O) groups is 4. The number of carbonyl (C=O) groups excluding carboxylic acids is 3. The second kappa shape index (κ2) is 8.61. The monoisotopic (exact) mass is 503 g/mol. The third-order valence-electron chi connectivity index (χ3n) is 8.07. The molecule has 190 valence electrons. The van der Waals surface area contributed by atoms with E-state index in [2.05, 4.69) is 5.10 Å². The van der Waals surface area contributed by atoms with Crippen LogP contribution in [0.4, 0.5) is 4.39 Å². The maximum absolute atomic E-state index is 14.2. The number of aromatic carboxylic acids is 1. The van der Waals surface area contributed by atoms with Crippen molar-refractivity contribution < 1.29 is 28.7 Å². The van der Waals surface area contributed by atoms with Gasteiger partial charge in [-0.05, 0) is 66.8 Å². The first-order chi connectivity index (χ1) is 17.7. The lowest BCUT2D eigenvalue weighted by molar-refractivity contribution is -0.139. The van der Waals surface area contributed by atoms with Crippen molar-refractivity contribution in [3.05, 3.63) is 65.1 Å². The molecule has 3 fully saturated rings. The van der Waals surface area contributed by atoms with Crippen molar-refractivity contribution >= 4 is 34.3 Å². The molecule has 2 aromatic carbocycles. The quantitative estimate of drug-likeness (QED) is 0.468. The molecule has 1 N–H and O–H groups in total. The van der Waals surface area contributed by atoms with E-state index < -0.39 is 12.0 Å². The molecule has 3 aliphatic rings. The number of nitrogens with zero attached hydrogens (tertiary/aromatic N) is 3. The molecule has 0 unspecified atom stereocenters. The van der Waals surface area contributed by atoms with E-state index in [1.54, 1.807) is 23.1 Å². The number of carboxylic acid groups (broad SMARTS) is 1. The number of aromatic nitrogens is 2. The third kappa shape index (κ3) is 4.12. The largest absolute Gasteiger partial charge is 0.478 e. The summed E-state index contributed by atoms with van der Waals surface area (Å²) in [6, 6.07) is 10.5. The molecule has 9 heteroatoms. The second-order valence-electron chi connectivity index (χ2n) is 10.5. The molecule has 2 heterocycles. The summed E-state index contributed by atoms with van der Waals surface area (Å²) in [6.45, 7) is 1.18. The maximum atomic E-state index is 14.2. The first kappa shape index (κ1) is 23.5. The first-order valence-corrected chi connectivity index (χ1v) is 12.6. The lowest BCUT2D eigenvalue weighted by atomic mass is 10.00. The lowest BCUT2D eigenvalue weighted by Gasteiger charge is -2.27. The van der Waals surface area contributed by atoms with Gasteiger partial charge in [0.2, 0.25) is 5.91 Å². The van der Waals surface area contributed by atoms with Crippen molar-refractivity contribution in [3.8, 4) is 0 Å². The summed E-state index contributed by atoms with van der Waals surface area (Å²) in [5, 5.41) is 14.2. The molecule has 6 rings (SSSR count). The van der Waals surface area contributed by atoms with Crippen LogP contribution in [0.1, 0.15) is 64.9 Å². The first-order valence-electron chi connectivity index (χ1n) is 12.6. The second-order valence-corrected chi connectivity index (χ2v) is 10.5. The van der Waals surface area contributed by atoms with E-state index in [4.69, 9.17) is 0 Å². The number of ketones is 2. The van der Waals surface area contributed by atoms with Crippen LogP contribution in [0.2, 0.25) is 0 Å². The van der Waals surface area contributed by atoms with E-state index in [1.165, 1.54) is 35.9 Å². The van der Waals surface area contributed by atoms with Gasteiger partial charge in [-0.25, -0.2) is 9.18 Å². The highest BCUT2D eigenvalue weighted by atomic mass is 19.1. The zero-order valence-corrected chi connectivity index (χ0v) is 20.3. The standard InChI is InChI=1S/C28H26FN3O5/c1-14(33)27-19-7-6-15(28(36)37)9-23(19)31(30-27)13-26(35)32-22-10-17(22)11-24(32)25(34)12-16-8-20(16)18-4-2-3-5-21(18)29/h2-7,9,16-17,20,22,24H,8,10-13H2,1H3,(H,36,37)/t16-,17+,20+,22+,24-/m0/s1. The van der Waals surface area contributed by atoms with Gasteiger partial charge in [0, 0.05) is 24.8 Å². The summed E-state index contributed by atoms with van der Waals surface area (Å²) >= 11 is 0. The molecule has 3 aromatic rings. The Morgan fingerprint density at radius 1 is 1.08 bits per heavy atom. The van der Waals surface area contributed by atoms with Crippen molar-refractivity contribution in [1.29, 1.82) is 0 Å². The molecule has 1 amide bonds. The summed E-state index contributed by atoms with van der Waals surface area (Å²) in [5.41, 5.74) is 1.24. The minimum Gasteiger partial charge on any atom is -0.478 e. The molecule has 8 nitrogen and oxygen atoms in total. The fourth-order valence-electron chi connectivity index (χ4n) is 6.02. The van der Waals surface area contributed by atoms with Crippen molar-refractivity contribution in [2.45, 2.75) is 57.2 Å². The molecular weight excluding hydrogens is 477 g/mol. The van der Waals surface area contributed by atoms with E-state index in [0.717, 1.165) is 12.8 Å². The van der Waals surface area contributed by atoms with E-state index in [9.17, 15) is 28.7 Å². The number of rotatable bonds is 8. The van der Waals surface area contributed by atoms with Crippen LogP contribution >= 0.6 is 0 Å². The predicted molar refractivity (Wildman–Crippen MR) is 131 cm³/mol. The van der Waals surface area contributed by atoms with Gasteiger partial charge in [0.05, 0.1) is 17.1 Å². The smallest absolute Gasteiger partial charge is 0.335 e. The van der Waals surface area contributed by atoms with Crippen molar-refractivity contribution in [3.63, 3.8) is 0 Å². The normalized spacial score (nSPS) is 25.7. The summed E-state index contributed by atoms with van der Waals surface area (Å²) in [4.78, 5) is 52.1. The van der Waals surface area contributed by atoms with Gasteiger partial charge >= 0.3 is 5.97 Å². The molecule has 0 radical (unpaired) electrons. The molecule has 1 aromatic heterocycles. The number of piperidine rings is 1. The van der Waals surface area contributed by atoms with Crippen LogP contribution in [-0.4, -0.2) is 55.3 Å². The van der Waals surface area contributed by atoms with E-state index in [0.29, 0.717) is 35.2 Å². The topological polar surface area (TPSA) is 110 Å². The number of amides is 1. The number of carboxylic acids is 1. The molecule has 2 saturated carbocycles. The Kier molecular flexibility index (Phi) is 5.47. The van der Waals surface area contributed by atoms with Crippen LogP contribution in [0.3, 0.4) is 0 Å². The van der Waals surface area contributed by atoms with Crippen molar-refractivity contribution in [1.82, 2.24) is 14.7 Å². The lowest BCUT2D eigenvalue weighted by Crippen LogP contribution is -2.44. The van der Waals surface area contributed by atoms with Gasteiger partial charge in [-0.3, -0.25) is 19.1 Å². The number of halogens is 1. The zero-order chi connectivity index (χ0) is 26.0. The van der Waals surface area contributed by atoms with Gasteiger partial charge in [0.1, 0.15) is 18.1 Å². The highest BCUT2D eigenvalue weighted by Gasteiger charge is 2.56. The Bertz CT molecular complexity index is 1480. The van der Waals surface area contributed by atoms with Gasteiger partial charge in [0.25, 0.3) is 0 Å². The maximum Gasteiger partial charge on any atom is 0.335 e.